The Balaban J connectivity index is 2.19. The van der Waals surface area contributed by atoms with Gasteiger partial charge in [-0.25, -0.2) is 0 Å². The van der Waals surface area contributed by atoms with Crippen LogP contribution in [0.3, 0.4) is 0 Å². The molecule has 0 unspecified atom stereocenters. The van der Waals surface area contributed by atoms with E-state index in [1.165, 1.54) is 40.6 Å². The summed E-state index contributed by atoms with van der Waals surface area (Å²) < 4.78 is 3.61. The van der Waals surface area contributed by atoms with Gasteiger partial charge >= 0.3 is 0 Å². The minimum atomic E-state index is 0.656. The van der Waals surface area contributed by atoms with E-state index < -0.39 is 0 Å². The van der Waals surface area contributed by atoms with Crippen molar-refractivity contribution in [2.45, 2.75) is 52.5 Å². The second-order valence-corrected chi connectivity index (χ2v) is 5.92. The third-order valence-corrected chi connectivity index (χ3v) is 5.13. The van der Waals surface area contributed by atoms with E-state index in [0.717, 1.165) is 5.92 Å². The lowest BCUT2D eigenvalue weighted by molar-refractivity contribution is 0.270. The largest absolute Gasteiger partial charge is 0.265 e. The molecule has 1 aliphatic rings. The molecule has 2 nitrogen and oxygen atoms in total. The van der Waals surface area contributed by atoms with Crippen LogP contribution in [0.5, 0.6) is 0 Å². The van der Waals surface area contributed by atoms with Crippen molar-refractivity contribution in [2.24, 2.45) is 5.92 Å². The molecule has 1 saturated carbocycles. The molecule has 2 rings (SSSR count). The van der Waals surface area contributed by atoms with Crippen LogP contribution in [0.1, 0.15) is 50.0 Å². The summed E-state index contributed by atoms with van der Waals surface area (Å²) in [6.45, 7) is 6.66. The Morgan fingerprint density at radius 1 is 1.20 bits per heavy atom. The first kappa shape index (κ1) is 11.4. The summed E-state index contributed by atoms with van der Waals surface area (Å²) >= 11 is 2.41. The molecule has 0 radical (unpaired) electrons. The molecule has 0 aliphatic heterocycles. The van der Waals surface area contributed by atoms with Gasteiger partial charge in [-0.2, -0.15) is 5.10 Å². The van der Waals surface area contributed by atoms with Gasteiger partial charge in [0, 0.05) is 5.69 Å². The molecule has 1 aromatic rings. The number of hydrogen-bond acceptors (Lipinski definition) is 1. The predicted octanol–water partition coefficient (Wildman–Crippen LogP) is 3.86. The van der Waals surface area contributed by atoms with Crippen molar-refractivity contribution in [3.8, 4) is 0 Å². The molecule has 1 fully saturated rings. The third kappa shape index (κ3) is 2.22. The van der Waals surface area contributed by atoms with Gasteiger partial charge in [0.1, 0.15) is 0 Å². The molecule has 1 heterocycles. The highest BCUT2D eigenvalue weighted by molar-refractivity contribution is 14.1. The molecule has 0 amide bonds. The summed E-state index contributed by atoms with van der Waals surface area (Å²) in [6.07, 6.45) is 5.33. The van der Waals surface area contributed by atoms with Crippen LogP contribution in [0.15, 0.2) is 0 Å². The second-order valence-electron chi connectivity index (χ2n) is 4.84. The van der Waals surface area contributed by atoms with Gasteiger partial charge in [-0.1, -0.05) is 6.92 Å². The molecular weight excluding hydrogens is 299 g/mol. The highest BCUT2D eigenvalue weighted by Gasteiger charge is 2.22. The molecule has 0 spiro atoms. The van der Waals surface area contributed by atoms with Crippen molar-refractivity contribution in [1.82, 2.24) is 9.78 Å². The molecule has 3 heteroatoms. The van der Waals surface area contributed by atoms with Gasteiger partial charge in [0.05, 0.1) is 15.3 Å². The summed E-state index contributed by atoms with van der Waals surface area (Å²) in [5.74, 6) is 0.914. The van der Waals surface area contributed by atoms with Crippen molar-refractivity contribution in [3.63, 3.8) is 0 Å². The minimum absolute atomic E-state index is 0.656. The van der Waals surface area contributed by atoms with Gasteiger partial charge < -0.3 is 0 Å². The molecule has 15 heavy (non-hydrogen) atoms. The fourth-order valence-corrected chi connectivity index (χ4v) is 2.84. The summed E-state index contributed by atoms with van der Waals surface area (Å²) in [4.78, 5) is 0. The Labute approximate surface area is 106 Å². The average Bonchev–Trinajstić information content (AvgIpc) is 2.47. The van der Waals surface area contributed by atoms with Crippen molar-refractivity contribution >= 4 is 22.6 Å². The van der Waals surface area contributed by atoms with E-state index in [9.17, 15) is 0 Å². The van der Waals surface area contributed by atoms with Gasteiger partial charge in [0.2, 0.25) is 0 Å². The Morgan fingerprint density at radius 2 is 1.80 bits per heavy atom. The van der Waals surface area contributed by atoms with E-state index in [-0.39, 0.29) is 0 Å². The maximum atomic E-state index is 4.67. The highest BCUT2D eigenvalue weighted by Crippen LogP contribution is 2.33. The van der Waals surface area contributed by atoms with Gasteiger partial charge in [-0.3, -0.25) is 4.68 Å². The number of hydrogen-bond donors (Lipinski definition) is 0. The monoisotopic (exact) mass is 318 g/mol. The van der Waals surface area contributed by atoms with Crippen LogP contribution in [-0.4, -0.2) is 9.78 Å². The fourth-order valence-electron chi connectivity index (χ4n) is 2.49. The lowest BCUT2D eigenvalue weighted by Gasteiger charge is -2.27. The first-order valence-corrected chi connectivity index (χ1v) is 6.88. The van der Waals surface area contributed by atoms with Crippen LogP contribution in [0.4, 0.5) is 0 Å². The molecule has 1 aliphatic carbocycles. The number of aryl methyl sites for hydroxylation is 1. The Morgan fingerprint density at radius 3 is 2.27 bits per heavy atom. The van der Waals surface area contributed by atoms with Gasteiger partial charge in [-0.15, -0.1) is 0 Å². The van der Waals surface area contributed by atoms with E-state index in [2.05, 4.69) is 53.1 Å². The van der Waals surface area contributed by atoms with E-state index in [4.69, 9.17) is 0 Å². The topological polar surface area (TPSA) is 17.8 Å². The number of rotatable bonds is 1. The first-order chi connectivity index (χ1) is 7.09. The lowest BCUT2D eigenvalue weighted by atomic mass is 9.87. The SMILES string of the molecule is Cc1nn(C2CCC(C)CC2)c(C)c1I. The fraction of sp³-hybridized carbons (Fsp3) is 0.750. The summed E-state index contributed by atoms with van der Waals surface area (Å²) in [6, 6.07) is 0.656. The van der Waals surface area contributed by atoms with E-state index in [1.807, 2.05) is 0 Å². The Bertz CT molecular complexity index is 349. The summed E-state index contributed by atoms with van der Waals surface area (Å²) in [5, 5.41) is 4.67. The summed E-state index contributed by atoms with van der Waals surface area (Å²) in [7, 11) is 0. The Kier molecular flexibility index (Phi) is 3.38. The third-order valence-electron chi connectivity index (χ3n) is 3.57. The van der Waals surface area contributed by atoms with Crippen LogP contribution < -0.4 is 0 Å². The van der Waals surface area contributed by atoms with Crippen molar-refractivity contribution in [2.75, 3.05) is 0 Å². The van der Waals surface area contributed by atoms with Crippen molar-refractivity contribution < 1.29 is 0 Å². The maximum Gasteiger partial charge on any atom is 0.0730 e. The van der Waals surface area contributed by atoms with Crippen LogP contribution in [0, 0.1) is 23.3 Å². The summed E-state index contributed by atoms with van der Waals surface area (Å²) in [5.41, 5.74) is 2.54. The smallest absolute Gasteiger partial charge is 0.0730 e. The molecule has 84 valence electrons. The quantitative estimate of drug-likeness (QED) is 0.719. The minimum Gasteiger partial charge on any atom is -0.265 e. The average molecular weight is 318 g/mol. The van der Waals surface area contributed by atoms with Crippen molar-refractivity contribution in [1.29, 1.82) is 0 Å². The number of aromatic nitrogens is 2. The molecule has 0 atom stereocenters. The van der Waals surface area contributed by atoms with Gasteiger partial charge in [0.25, 0.3) is 0 Å². The van der Waals surface area contributed by atoms with E-state index in [0.29, 0.717) is 6.04 Å². The molecule has 0 N–H and O–H groups in total. The zero-order valence-corrected chi connectivity index (χ0v) is 11.9. The van der Waals surface area contributed by atoms with Crippen LogP contribution in [0.2, 0.25) is 0 Å². The van der Waals surface area contributed by atoms with E-state index >= 15 is 0 Å². The molecule has 0 bridgehead atoms. The van der Waals surface area contributed by atoms with Crippen LogP contribution in [-0.2, 0) is 0 Å². The molecule has 0 saturated heterocycles. The first-order valence-electron chi connectivity index (χ1n) is 5.80. The predicted molar refractivity (Wildman–Crippen MR) is 71.1 cm³/mol. The zero-order valence-electron chi connectivity index (χ0n) is 9.76. The Hall–Kier alpha value is -0.0600. The number of halogens is 1. The van der Waals surface area contributed by atoms with Crippen LogP contribution in [0.25, 0.3) is 0 Å². The van der Waals surface area contributed by atoms with Crippen molar-refractivity contribution in [3.05, 3.63) is 15.0 Å². The lowest BCUT2D eigenvalue weighted by Crippen LogP contribution is -2.18. The van der Waals surface area contributed by atoms with Gasteiger partial charge in [0.15, 0.2) is 0 Å². The standard InChI is InChI=1S/C12H19IN2/c1-8-4-6-11(7-5-8)15-10(3)12(13)9(2)14-15/h8,11H,4-7H2,1-3H3. The van der Waals surface area contributed by atoms with E-state index in [1.54, 1.807) is 0 Å². The molecule has 0 aromatic carbocycles. The highest BCUT2D eigenvalue weighted by atomic mass is 127. The van der Waals surface area contributed by atoms with Crippen LogP contribution >= 0.6 is 22.6 Å². The maximum absolute atomic E-state index is 4.67. The number of nitrogens with zero attached hydrogens (tertiary/aromatic N) is 2. The molecule has 1 aromatic heterocycles. The molecular formula is C12H19IN2. The normalized spacial score (nSPS) is 26.9. The van der Waals surface area contributed by atoms with Gasteiger partial charge in [-0.05, 0) is 68.0 Å². The zero-order chi connectivity index (χ0) is 11.0. The second kappa shape index (κ2) is 4.44.